The fourth-order valence-electron chi connectivity index (χ4n) is 25.9. The van der Waals surface area contributed by atoms with Crippen molar-refractivity contribution in [3.8, 4) is 0 Å². The highest BCUT2D eigenvalue weighted by molar-refractivity contribution is 6.34. The van der Waals surface area contributed by atoms with Crippen LogP contribution < -0.4 is 42.5 Å². The number of Topliss-reactive ketones (excluding diaryl/α,β-unsaturated/α-hetero) is 4. The van der Waals surface area contributed by atoms with Gasteiger partial charge in [0.05, 0.1) is 78.7 Å². The number of hydrogen-bond donors (Lipinski definition) is 12. The maximum atomic E-state index is 15.7. The first kappa shape index (κ1) is 109. The summed E-state index contributed by atoms with van der Waals surface area (Å²) in [5.41, 5.74) is -0.837. The first-order valence-electron chi connectivity index (χ1n) is 49.9. The Morgan fingerprint density at radius 1 is 0.308 bits per heavy atom. The van der Waals surface area contributed by atoms with Crippen LogP contribution in [0, 0.1) is 80.2 Å². The molecule has 0 aromatic heterocycles. The third-order valence-electron chi connectivity index (χ3n) is 32.1. The second-order valence-electron chi connectivity index (χ2n) is 47.3. The van der Waals surface area contributed by atoms with Gasteiger partial charge >= 0.3 is 0 Å². The van der Waals surface area contributed by atoms with E-state index in [0.717, 1.165) is 5.56 Å². The zero-order valence-electron chi connectivity index (χ0n) is 82.9. The lowest BCUT2D eigenvalue weighted by molar-refractivity contribution is -0.125. The van der Waals surface area contributed by atoms with Crippen molar-refractivity contribution < 1.29 is 85.1 Å². The number of carbonyl (C=O) groups excluding carboxylic acids is 8. The molecule has 4 spiro atoms. The van der Waals surface area contributed by atoms with Crippen LogP contribution in [-0.4, -0.2) is 140 Å². The van der Waals surface area contributed by atoms with E-state index >= 15 is 8.78 Å². The van der Waals surface area contributed by atoms with E-state index in [4.69, 9.17) is 92.8 Å². The van der Waals surface area contributed by atoms with Crippen molar-refractivity contribution in [3.63, 3.8) is 0 Å². The van der Waals surface area contributed by atoms with Crippen LogP contribution in [0.4, 0.5) is 49.1 Å². The summed E-state index contributed by atoms with van der Waals surface area (Å²) in [6, 6.07) is 28.8. The molecule has 12 N–H and O–H groups in total. The van der Waals surface area contributed by atoms with Gasteiger partial charge in [-0.15, -0.1) is 0 Å². The second kappa shape index (κ2) is 41.1. The molecule has 20 nitrogen and oxygen atoms in total. The molecular weight excluding hydrogens is 2050 g/mol. The summed E-state index contributed by atoms with van der Waals surface area (Å²) in [5.74, 6) is -8.56. The van der Waals surface area contributed by atoms with Crippen molar-refractivity contribution in [2.24, 2.45) is 45.3 Å². The number of anilines is 4. The molecule has 4 saturated heterocycles. The van der Waals surface area contributed by atoms with Crippen molar-refractivity contribution in [1.82, 2.24) is 21.3 Å². The highest BCUT2D eigenvalue weighted by Gasteiger charge is 2.72. The number of nitrogens with one attached hydrogen (secondary N) is 8. The van der Waals surface area contributed by atoms with E-state index in [1.165, 1.54) is 60.7 Å². The quantitative estimate of drug-likeness (QED) is 0.0316. The van der Waals surface area contributed by atoms with Crippen molar-refractivity contribution in [1.29, 1.82) is 0 Å². The Balaban J connectivity index is 0.000000133. The molecule has 0 radical (unpaired) electrons. The maximum absolute atomic E-state index is 15.7. The standard InChI is InChI=1S/2C28H30Cl2F2N2O3.2C28H31Cl2FN2O3/c1-27(2,3)12-23-28(16-10-20(32)18(30)11-21(16)33-26(28)37)24(14-4-5-19(31)17(29)9-14)25(34-23)22(36)8-13-6-15(35)7-13;1-27(2,3)12-22-28(16-10-19(31)18(30)11-20(16)33-26(28)37)23(15-5-4-6-17(29)24(15)32)25(34-22)21(36)9-13-7-14(35)8-13;1-27(2,3)13-23-28(18-11-20(31)19(30)12-21(18)32-26(28)36)24(15-5-4-6-16(29)10-15)25(33-23)22(35)9-14-7-17(34)8-14;1-27(2,3)13-22-28(18-8-7-15(29)12-20(18)32-26(28)36)23(17-5-4-6-19(30)24(17)31)25(33-22)21(35)11-14-9-16(34)10-14/h4-5,9-11,13,15,23-25,34-35H,6-8,12H2,1-3H3,(H,33,37);4-6,10-11,13-14,22-23,25,34-35H,7-9,12H2,1-3H3,(H,33,37);4-6,10-12,14,17,23-25,33-34H,7-9,13H2,1-3H3,(H,32,36);4-8,12,14,16,22-23,25,33-34H,9-11,13H2,1-3H3,(H,32,36)/t13?,15?,23-,24+,25+,28+;13?,14?,22-,23+,25+,28+;14?,17?,23-,24+,25+,28+;14?,16?,22-,23+,25+,28+/m1111/s1. The van der Waals surface area contributed by atoms with Gasteiger partial charge in [-0.3, -0.25) is 38.4 Å². The molecule has 34 heteroatoms. The molecule has 8 heterocycles. The predicted octanol–water partition coefficient (Wildman–Crippen LogP) is 22.7. The molecule has 0 unspecified atom stereocenters. The minimum absolute atomic E-state index is 0.0108. The Morgan fingerprint density at radius 3 is 0.884 bits per heavy atom. The van der Waals surface area contributed by atoms with E-state index in [1.54, 1.807) is 54.6 Å². The average Bonchev–Trinajstić information content (AvgIpc) is 1.53. The molecule has 780 valence electrons. The summed E-state index contributed by atoms with van der Waals surface area (Å²) in [6.07, 6.45) is 6.06. The van der Waals surface area contributed by atoms with Crippen LogP contribution >= 0.6 is 92.8 Å². The highest BCUT2D eigenvalue weighted by atomic mass is 35.5. The van der Waals surface area contributed by atoms with Gasteiger partial charge in [0, 0.05) is 106 Å². The van der Waals surface area contributed by atoms with Crippen LogP contribution in [0.25, 0.3) is 0 Å². The number of carbonyl (C=O) groups is 8. The van der Waals surface area contributed by atoms with Gasteiger partial charge < -0.3 is 63.0 Å². The van der Waals surface area contributed by atoms with E-state index in [2.05, 4.69) is 84.1 Å². The molecule has 8 fully saturated rings. The number of amides is 4. The van der Waals surface area contributed by atoms with Crippen molar-refractivity contribution in [3.05, 3.63) is 253 Å². The zero-order chi connectivity index (χ0) is 106. The molecule has 8 aliphatic heterocycles. The molecule has 4 saturated carbocycles. The molecule has 8 aromatic carbocycles. The maximum Gasteiger partial charge on any atom is 0.237 e. The summed E-state index contributed by atoms with van der Waals surface area (Å²) >= 11 is 49.5. The molecule has 16 atom stereocenters. The first-order valence-corrected chi connectivity index (χ1v) is 53.0. The number of ketones is 4. The number of aliphatic hydroxyl groups excluding tert-OH is 4. The molecule has 12 aliphatic rings. The van der Waals surface area contributed by atoms with Crippen LogP contribution in [0.1, 0.15) is 254 Å². The van der Waals surface area contributed by atoms with Crippen LogP contribution in [-0.2, 0) is 60.0 Å². The first-order chi connectivity index (χ1) is 68.4. The highest BCUT2D eigenvalue weighted by Crippen LogP contribution is 2.64. The summed E-state index contributed by atoms with van der Waals surface area (Å²) in [6.45, 7) is 24.6. The topological polar surface area (TPSA) is 314 Å². The monoisotopic (exact) mass is 2160 g/mol. The average molecular weight is 2170 g/mol. The van der Waals surface area contributed by atoms with E-state index in [9.17, 15) is 76.3 Å². The van der Waals surface area contributed by atoms with E-state index < -0.39 is 147 Å². The SMILES string of the molecule is CC(C)(C)C[C@H]1N[C@@H](C(=O)CC2CC(O)C2)[C@H](c2ccc(F)c(Cl)c2)[C@@]12C(=O)Nc1cc(Cl)c(F)cc12.CC(C)(C)C[C@H]1N[C@@H](C(=O)CC2CC(O)C2)[C@H](c2cccc(Cl)c2)[C@@]12C(=O)Nc1cc(Cl)c(F)cc12.CC(C)(C)C[C@H]1N[C@@H](C(=O)CC2CC(O)C2)[C@H](c2cccc(Cl)c2F)[C@@]12C(=O)Nc1cc(Cl)c(F)cc12.CC(C)(C)C[C@H]1N[C@@H](C(=O)CC2CC(O)C2)[C@H](c2cccc(Cl)c2F)[C@@]12C(=O)Nc1cc(Cl)ccc12. The van der Waals surface area contributed by atoms with Gasteiger partial charge in [0.15, 0.2) is 23.1 Å². The fourth-order valence-corrected chi connectivity index (χ4v) is 27.3. The Morgan fingerprint density at radius 2 is 0.582 bits per heavy atom. The summed E-state index contributed by atoms with van der Waals surface area (Å²) in [5, 5.41) is 64.9. The van der Waals surface area contributed by atoms with E-state index in [1.807, 2.05) is 59.7 Å². The molecule has 20 rings (SSSR count). The van der Waals surface area contributed by atoms with Gasteiger partial charge in [-0.1, -0.05) is 224 Å². The number of fused-ring (bicyclic) bond motifs is 8. The Kier molecular flexibility index (Phi) is 30.7. The lowest BCUT2D eigenvalue weighted by Gasteiger charge is -2.38. The summed E-state index contributed by atoms with van der Waals surface area (Å²) in [7, 11) is 0. The minimum atomic E-state index is -1.49. The number of hydrogen-bond acceptors (Lipinski definition) is 16. The molecule has 0 bridgehead atoms. The van der Waals surface area contributed by atoms with Gasteiger partial charge in [-0.05, 0) is 252 Å². The minimum Gasteiger partial charge on any atom is -0.393 e. The second-order valence-corrected chi connectivity index (χ2v) is 50.7. The molecule has 4 amide bonds. The van der Waals surface area contributed by atoms with E-state index in [-0.39, 0.29) is 159 Å². The van der Waals surface area contributed by atoms with Crippen molar-refractivity contribution >= 4 is 162 Å². The predicted molar refractivity (Wildman–Crippen MR) is 556 cm³/mol. The number of aliphatic hydroxyl groups is 4. The molecule has 8 aromatic rings. The lowest BCUT2D eigenvalue weighted by atomic mass is 9.62. The Bertz CT molecular complexity index is 6530. The summed E-state index contributed by atoms with van der Waals surface area (Å²) < 4.78 is 90.3. The molecule has 4 aliphatic carbocycles. The van der Waals surface area contributed by atoms with Crippen LogP contribution in [0.15, 0.2) is 133 Å². The van der Waals surface area contributed by atoms with Gasteiger partial charge in [0.25, 0.3) is 0 Å². The third kappa shape index (κ3) is 20.4. The summed E-state index contributed by atoms with van der Waals surface area (Å²) in [4.78, 5) is 111. The number of rotatable bonds is 20. The van der Waals surface area contributed by atoms with Crippen LogP contribution in [0.5, 0.6) is 0 Å². The van der Waals surface area contributed by atoms with Crippen molar-refractivity contribution in [2.75, 3.05) is 21.3 Å². The van der Waals surface area contributed by atoms with Crippen molar-refractivity contribution in [2.45, 2.75) is 304 Å². The van der Waals surface area contributed by atoms with Gasteiger partial charge in [0.2, 0.25) is 23.6 Å². The van der Waals surface area contributed by atoms with Gasteiger partial charge in [0.1, 0.15) is 56.6 Å². The number of halogens is 14. The number of benzene rings is 8. The third-order valence-corrected chi connectivity index (χ3v) is 34.3. The smallest absolute Gasteiger partial charge is 0.237 e. The zero-order valence-corrected chi connectivity index (χ0v) is 89.0. The van der Waals surface area contributed by atoms with Gasteiger partial charge in [-0.2, -0.15) is 0 Å². The van der Waals surface area contributed by atoms with Gasteiger partial charge in [-0.25, -0.2) is 26.3 Å². The lowest BCUT2D eigenvalue weighted by Crippen LogP contribution is -2.49. The van der Waals surface area contributed by atoms with Crippen LogP contribution in [0.2, 0.25) is 40.2 Å². The Hall–Kier alpha value is -8.10. The normalized spacial score (nSPS) is 31.1. The van der Waals surface area contributed by atoms with Crippen LogP contribution in [0.3, 0.4) is 0 Å². The molecular formula is C112H122Cl8F6N8O12. The van der Waals surface area contributed by atoms with E-state index in [0.29, 0.717) is 144 Å². The fraction of sp³-hybridized carbons (Fsp3) is 0.500. The largest absolute Gasteiger partial charge is 0.393 e. The molecule has 146 heavy (non-hydrogen) atoms. The Labute approximate surface area is 885 Å².